The smallest absolute Gasteiger partial charge is 0.355 e. The predicted octanol–water partition coefficient (Wildman–Crippen LogP) is 3.64. The number of fused-ring (bicyclic) bond motifs is 7. The van der Waals surface area contributed by atoms with Gasteiger partial charge in [-0.1, -0.05) is 44.8 Å². The van der Waals surface area contributed by atoms with E-state index in [4.69, 9.17) is 14.5 Å². The van der Waals surface area contributed by atoms with E-state index in [1.54, 1.807) is 6.92 Å². The van der Waals surface area contributed by atoms with Crippen molar-refractivity contribution in [2.45, 2.75) is 58.3 Å². The zero-order valence-electron chi connectivity index (χ0n) is 23.5. The van der Waals surface area contributed by atoms with Crippen molar-refractivity contribution in [2.24, 2.45) is 0 Å². The molecule has 0 bridgehead atoms. The molecule has 3 aliphatic heterocycles. The van der Waals surface area contributed by atoms with Crippen molar-refractivity contribution < 1.29 is 18.7 Å². The Morgan fingerprint density at radius 3 is 2.70 bits per heavy atom. The van der Waals surface area contributed by atoms with Gasteiger partial charge in [-0.15, -0.1) is 0 Å². The van der Waals surface area contributed by atoms with Gasteiger partial charge in [-0.05, 0) is 60.4 Å². The van der Waals surface area contributed by atoms with Gasteiger partial charge in [0.15, 0.2) is 0 Å². The van der Waals surface area contributed by atoms with E-state index in [1.807, 2.05) is 34.7 Å². The van der Waals surface area contributed by atoms with E-state index < -0.39 is 5.97 Å². The molecule has 2 aromatic heterocycles. The van der Waals surface area contributed by atoms with E-state index in [2.05, 4.69) is 49.7 Å². The van der Waals surface area contributed by atoms with Crippen molar-refractivity contribution >= 4 is 40.0 Å². The van der Waals surface area contributed by atoms with Crippen LogP contribution < -0.4 is 24.7 Å². The first-order valence-corrected chi connectivity index (χ1v) is 13.9. The van der Waals surface area contributed by atoms with Crippen LogP contribution in [0.15, 0.2) is 30.3 Å². The van der Waals surface area contributed by atoms with Crippen LogP contribution in [0.25, 0.3) is 28.3 Å². The van der Waals surface area contributed by atoms with Crippen LogP contribution in [0.2, 0.25) is 0 Å². The standard InChI is InChI=1S/C32H31N5O3/c1-6-39-30(38)20(17-33)28-35-29-19(27-34-22-9-7-8-10-23(22)37(27)28)15-18-16-21-25-24(26(18)40-29)32(4,5)12-14-36(25)13-11-31(21,2)3/h7-10,15-16H,6,11-14H2,1-5H3/p+1. The van der Waals surface area contributed by atoms with Crippen LogP contribution in [-0.2, 0) is 20.4 Å². The molecule has 1 N–H and O–H groups in total. The normalized spacial score (nSPS) is 18.6. The molecule has 2 aromatic carbocycles. The number of hydrogen-bond donors (Lipinski definition) is 1. The van der Waals surface area contributed by atoms with Gasteiger partial charge < -0.3 is 14.4 Å². The third-order valence-corrected chi connectivity index (χ3v) is 8.86. The average Bonchev–Trinajstić information content (AvgIpc) is 3.31. The summed E-state index contributed by atoms with van der Waals surface area (Å²) in [7, 11) is 0. The predicted molar refractivity (Wildman–Crippen MR) is 152 cm³/mol. The quantitative estimate of drug-likeness (QED) is 0.275. The van der Waals surface area contributed by atoms with E-state index in [-0.39, 0.29) is 28.5 Å². The molecule has 202 valence electrons. The lowest BCUT2D eigenvalue weighted by molar-refractivity contribution is -0.502. The average molecular weight is 535 g/mol. The molecule has 3 aliphatic rings. The number of rotatable bonds is 2. The van der Waals surface area contributed by atoms with E-state index in [9.17, 15) is 10.1 Å². The van der Waals surface area contributed by atoms with Gasteiger partial charge in [0.25, 0.3) is 5.48 Å². The van der Waals surface area contributed by atoms with E-state index >= 15 is 0 Å². The molecule has 40 heavy (non-hydrogen) atoms. The summed E-state index contributed by atoms with van der Waals surface area (Å²) in [5.41, 5.74) is 7.22. The first-order chi connectivity index (χ1) is 19.1. The highest BCUT2D eigenvalue weighted by atomic mass is 16.5. The molecule has 4 aromatic rings. The van der Waals surface area contributed by atoms with Gasteiger partial charge in [0.1, 0.15) is 28.1 Å². The van der Waals surface area contributed by atoms with Gasteiger partial charge >= 0.3 is 11.8 Å². The van der Waals surface area contributed by atoms with Gasteiger partial charge in [-0.3, -0.25) is 4.98 Å². The SMILES string of the molecule is CCOC(=O)C(C#N)=c1nc2c(c3[nH]c4ccccc4[n+]13)=Cc1cc3c4c(c1O2)C(C)(C)CCN4CCC3(C)C. The second kappa shape index (κ2) is 8.31. The number of nitrogens with zero attached hydrogens (tertiary/aromatic N) is 4. The minimum absolute atomic E-state index is 0.0424. The minimum Gasteiger partial charge on any atom is -0.462 e. The van der Waals surface area contributed by atoms with Crippen molar-refractivity contribution in [1.29, 1.82) is 5.26 Å². The van der Waals surface area contributed by atoms with E-state index in [0.29, 0.717) is 11.5 Å². The Morgan fingerprint density at radius 1 is 1.20 bits per heavy atom. The second-order valence-corrected chi connectivity index (χ2v) is 12.3. The van der Waals surface area contributed by atoms with Crippen LogP contribution in [0.5, 0.6) is 11.6 Å². The summed E-state index contributed by atoms with van der Waals surface area (Å²) in [4.78, 5) is 23.8. The molecule has 0 saturated heterocycles. The van der Waals surface area contributed by atoms with Crippen molar-refractivity contribution in [3.63, 3.8) is 0 Å². The Bertz CT molecular complexity index is 1940. The maximum atomic E-state index is 12.9. The summed E-state index contributed by atoms with van der Waals surface area (Å²) in [5.74, 6) is 0.470. The van der Waals surface area contributed by atoms with Gasteiger partial charge in [0, 0.05) is 29.9 Å². The van der Waals surface area contributed by atoms with E-state index in [1.165, 1.54) is 16.8 Å². The van der Waals surface area contributed by atoms with Crippen LogP contribution in [0.3, 0.4) is 0 Å². The Balaban J connectivity index is 1.62. The van der Waals surface area contributed by atoms with Gasteiger partial charge in [-0.2, -0.15) is 9.66 Å². The molecule has 0 amide bonds. The molecule has 0 aliphatic carbocycles. The lowest BCUT2D eigenvalue weighted by atomic mass is 9.68. The Morgan fingerprint density at radius 2 is 1.95 bits per heavy atom. The van der Waals surface area contributed by atoms with Gasteiger partial charge in [-0.25, -0.2) is 4.79 Å². The number of H-pyrrole nitrogens is 1. The number of nitriles is 1. The van der Waals surface area contributed by atoms with Crippen LogP contribution in [0.4, 0.5) is 5.69 Å². The van der Waals surface area contributed by atoms with Crippen molar-refractivity contribution in [3.05, 3.63) is 57.7 Å². The second-order valence-electron chi connectivity index (χ2n) is 12.3. The number of anilines is 1. The van der Waals surface area contributed by atoms with Gasteiger partial charge in [0.05, 0.1) is 6.61 Å². The molecular weight excluding hydrogens is 502 g/mol. The number of ether oxygens (including phenoxy) is 2. The van der Waals surface area contributed by atoms with Crippen molar-refractivity contribution in [3.8, 4) is 17.7 Å². The molecule has 8 heteroatoms. The Hall–Kier alpha value is -4.38. The monoisotopic (exact) mass is 534 g/mol. The number of imidazole rings is 1. The number of hydrogen-bond acceptors (Lipinski definition) is 6. The van der Waals surface area contributed by atoms with Crippen LogP contribution in [0.1, 0.15) is 64.2 Å². The lowest BCUT2D eigenvalue weighted by Crippen LogP contribution is -2.49. The summed E-state index contributed by atoms with van der Waals surface area (Å²) in [6.45, 7) is 13.2. The molecule has 0 unspecified atom stereocenters. The number of esters is 1. The summed E-state index contributed by atoms with van der Waals surface area (Å²) in [5, 5.41) is 10.8. The van der Waals surface area contributed by atoms with Gasteiger partial charge in [0.2, 0.25) is 11.2 Å². The van der Waals surface area contributed by atoms with Crippen molar-refractivity contribution in [1.82, 2.24) is 9.97 Å². The van der Waals surface area contributed by atoms with Crippen molar-refractivity contribution in [2.75, 3.05) is 24.6 Å². The zero-order chi connectivity index (χ0) is 28.0. The lowest BCUT2D eigenvalue weighted by Gasteiger charge is -2.48. The van der Waals surface area contributed by atoms with Crippen LogP contribution in [-0.4, -0.2) is 35.6 Å². The molecule has 0 atom stereocenters. The fraction of sp³-hybridized carbons (Fsp3) is 0.375. The first-order valence-electron chi connectivity index (χ1n) is 13.9. The Labute approximate surface area is 232 Å². The molecular formula is C32H32N5O3+. The third-order valence-electron chi connectivity index (χ3n) is 8.86. The maximum absolute atomic E-state index is 12.9. The number of para-hydroxylation sites is 2. The molecule has 5 heterocycles. The molecule has 0 saturated carbocycles. The summed E-state index contributed by atoms with van der Waals surface area (Å²) < 4.78 is 13.8. The van der Waals surface area contributed by atoms with Crippen LogP contribution in [0, 0.1) is 11.3 Å². The number of carbonyl (C=O) groups excluding carboxylic acids is 1. The largest absolute Gasteiger partial charge is 0.462 e. The highest BCUT2D eigenvalue weighted by Crippen LogP contribution is 2.54. The molecule has 0 fully saturated rings. The maximum Gasteiger partial charge on any atom is 0.355 e. The highest BCUT2D eigenvalue weighted by Gasteiger charge is 2.43. The molecule has 7 rings (SSSR count). The van der Waals surface area contributed by atoms with Crippen LogP contribution >= 0.6 is 0 Å². The Kier molecular flexibility index (Phi) is 5.12. The number of aromatic nitrogens is 3. The summed E-state index contributed by atoms with van der Waals surface area (Å²) >= 11 is 0. The zero-order valence-corrected chi connectivity index (χ0v) is 23.5. The van der Waals surface area contributed by atoms with E-state index in [0.717, 1.165) is 53.5 Å². The summed E-state index contributed by atoms with van der Waals surface area (Å²) in [6, 6.07) is 12.1. The number of aromatic amines is 1. The number of nitrogens with one attached hydrogen (secondary N) is 1. The molecule has 0 spiro atoms. The molecule has 0 radical (unpaired) electrons. The summed E-state index contributed by atoms with van der Waals surface area (Å²) in [6.07, 6.45) is 4.27. The highest BCUT2D eigenvalue weighted by molar-refractivity contribution is 6.14. The third kappa shape index (κ3) is 3.33. The fourth-order valence-electron chi connectivity index (χ4n) is 6.60. The molecule has 8 nitrogen and oxygen atoms in total. The minimum atomic E-state index is -0.708. The number of benzene rings is 2. The first kappa shape index (κ1) is 24.6. The topological polar surface area (TPSA) is 95.3 Å². The fourth-order valence-corrected chi connectivity index (χ4v) is 6.60. The number of carbonyl (C=O) groups is 1.